The normalized spacial score (nSPS) is 10.8. The molecule has 0 unspecified atom stereocenters. The molecule has 0 spiro atoms. The molecule has 5 nitrogen and oxygen atoms in total. The average molecular weight is 284 g/mol. The number of para-hydroxylation sites is 1. The van der Waals surface area contributed by atoms with Gasteiger partial charge in [-0.3, -0.25) is 0 Å². The summed E-state index contributed by atoms with van der Waals surface area (Å²) in [5.41, 5.74) is 4.49. The molecule has 0 bridgehead atoms. The lowest BCUT2D eigenvalue weighted by molar-refractivity contribution is 0.453. The van der Waals surface area contributed by atoms with Gasteiger partial charge < -0.3 is 10.2 Å². The minimum atomic E-state index is 0.539. The van der Waals surface area contributed by atoms with E-state index in [4.69, 9.17) is 10.6 Å². The molecule has 1 aromatic carbocycles. The van der Waals surface area contributed by atoms with Gasteiger partial charge in [-0.15, -0.1) is 0 Å². The number of hydrogen-bond acceptors (Lipinski definition) is 5. The number of benzene rings is 1. The van der Waals surface area contributed by atoms with Gasteiger partial charge in [0.1, 0.15) is 17.9 Å². The molecule has 110 valence electrons. The zero-order chi connectivity index (χ0) is 15.1. The maximum Gasteiger partial charge on any atom is 0.227 e. The predicted octanol–water partition coefficient (Wildman–Crippen LogP) is 3.54. The Bertz CT molecular complexity index is 625. The number of ether oxygens (including phenoxy) is 1. The monoisotopic (exact) mass is 284 g/mol. The molecule has 2 aromatic rings. The fourth-order valence-electron chi connectivity index (χ4n) is 2.08. The second kappa shape index (κ2) is 7.40. The lowest BCUT2D eigenvalue weighted by Crippen LogP contribution is -2.12. The molecule has 0 aliphatic rings. The number of hydrogen-bond donors (Lipinski definition) is 2. The van der Waals surface area contributed by atoms with Gasteiger partial charge in [-0.05, 0) is 19.4 Å². The fourth-order valence-corrected chi connectivity index (χ4v) is 2.08. The molecule has 1 aromatic heterocycles. The van der Waals surface area contributed by atoms with Gasteiger partial charge in [0.05, 0.1) is 5.56 Å². The fraction of sp³-hybridized carbons (Fsp3) is 0.250. The van der Waals surface area contributed by atoms with Crippen LogP contribution in [0.1, 0.15) is 31.4 Å². The van der Waals surface area contributed by atoms with E-state index in [2.05, 4.69) is 22.3 Å². The highest BCUT2D eigenvalue weighted by atomic mass is 16.5. The predicted molar refractivity (Wildman–Crippen MR) is 85.1 cm³/mol. The van der Waals surface area contributed by atoms with E-state index in [1.807, 2.05) is 43.3 Å². The summed E-state index contributed by atoms with van der Waals surface area (Å²) in [7, 11) is 0. The van der Waals surface area contributed by atoms with Gasteiger partial charge in [-0.1, -0.05) is 43.7 Å². The number of allylic oxidation sites excluding steroid dienone is 1. The van der Waals surface area contributed by atoms with E-state index >= 15 is 0 Å². The number of aromatic nitrogens is 2. The smallest absolute Gasteiger partial charge is 0.227 e. The van der Waals surface area contributed by atoms with Crippen molar-refractivity contribution in [1.82, 2.24) is 9.97 Å². The number of anilines is 1. The number of hydrazine groups is 1. The van der Waals surface area contributed by atoms with Crippen LogP contribution in [-0.4, -0.2) is 9.97 Å². The Balaban J connectivity index is 2.40. The number of rotatable bonds is 6. The lowest BCUT2D eigenvalue weighted by Gasteiger charge is -2.13. The maximum atomic E-state index is 5.99. The Morgan fingerprint density at radius 1 is 1.29 bits per heavy atom. The van der Waals surface area contributed by atoms with E-state index in [9.17, 15) is 0 Å². The molecule has 0 saturated heterocycles. The first kappa shape index (κ1) is 15.0. The molecular formula is C16H20N4O. The molecule has 2 rings (SSSR count). The summed E-state index contributed by atoms with van der Waals surface area (Å²) in [5, 5.41) is 0. The van der Waals surface area contributed by atoms with Crippen LogP contribution in [0.5, 0.6) is 11.6 Å². The van der Waals surface area contributed by atoms with E-state index < -0.39 is 0 Å². The highest BCUT2D eigenvalue weighted by Crippen LogP contribution is 2.30. The summed E-state index contributed by atoms with van der Waals surface area (Å²) >= 11 is 0. The molecule has 0 atom stereocenters. The van der Waals surface area contributed by atoms with Crippen LogP contribution in [0.25, 0.3) is 6.08 Å². The molecule has 0 amide bonds. The van der Waals surface area contributed by atoms with Gasteiger partial charge in [0.15, 0.2) is 0 Å². The van der Waals surface area contributed by atoms with Gasteiger partial charge in [0.2, 0.25) is 5.88 Å². The maximum absolute atomic E-state index is 5.99. The zero-order valence-electron chi connectivity index (χ0n) is 12.3. The molecule has 0 radical (unpaired) electrons. The van der Waals surface area contributed by atoms with Gasteiger partial charge in [-0.2, -0.15) is 0 Å². The third-order valence-electron chi connectivity index (χ3n) is 3.01. The summed E-state index contributed by atoms with van der Waals surface area (Å²) < 4.78 is 5.99. The van der Waals surface area contributed by atoms with Crippen LogP contribution in [0.2, 0.25) is 0 Å². The minimum Gasteiger partial charge on any atom is -0.438 e. The molecule has 0 fully saturated rings. The van der Waals surface area contributed by atoms with Crippen molar-refractivity contribution in [3.05, 3.63) is 47.8 Å². The number of nitrogens with one attached hydrogen (secondary N) is 1. The quantitative estimate of drug-likeness (QED) is 0.627. The number of nitrogens with two attached hydrogens (primary N) is 1. The van der Waals surface area contributed by atoms with Crippen LogP contribution in [0, 0.1) is 0 Å². The molecule has 5 heteroatoms. The molecule has 0 aliphatic heterocycles. The van der Waals surface area contributed by atoms with Crippen molar-refractivity contribution in [3.63, 3.8) is 0 Å². The Hall–Kier alpha value is -2.40. The third-order valence-corrected chi connectivity index (χ3v) is 3.01. The van der Waals surface area contributed by atoms with Crippen molar-refractivity contribution in [2.45, 2.75) is 26.7 Å². The van der Waals surface area contributed by atoms with E-state index in [0.29, 0.717) is 11.7 Å². The van der Waals surface area contributed by atoms with Crippen LogP contribution in [0.4, 0.5) is 5.82 Å². The Morgan fingerprint density at radius 2 is 2.10 bits per heavy atom. The largest absolute Gasteiger partial charge is 0.438 e. The number of nitrogen functional groups attached to an aromatic ring is 1. The van der Waals surface area contributed by atoms with Gasteiger partial charge in [-0.25, -0.2) is 15.8 Å². The highest BCUT2D eigenvalue weighted by Gasteiger charge is 2.13. The molecule has 0 aliphatic carbocycles. The van der Waals surface area contributed by atoms with E-state index in [1.165, 1.54) is 6.33 Å². The van der Waals surface area contributed by atoms with Gasteiger partial charge >= 0.3 is 0 Å². The second-order valence-electron chi connectivity index (χ2n) is 4.54. The first-order chi connectivity index (χ1) is 10.3. The summed E-state index contributed by atoms with van der Waals surface area (Å²) in [6, 6.07) is 7.83. The first-order valence-electron chi connectivity index (χ1n) is 7.00. The van der Waals surface area contributed by atoms with Crippen LogP contribution in [0.15, 0.2) is 36.7 Å². The van der Waals surface area contributed by atoms with Crippen molar-refractivity contribution in [2.75, 3.05) is 5.43 Å². The van der Waals surface area contributed by atoms with E-state index in [0.717, 1.165) is 29.7 Å². The SMILES string of the molecule is C/C=C/c1ccccc1Oc1ncnc(NN)c1CCC. The lowest BCUT2D eigenvalue weighted by atomic mass is 10.1. The molecule has 3 N–H and O–H groups in total. The van der Waals surface area contributed by atoms with Crippen molar-refractivity contribution in [3.8, 4) is 11.6 Å². The number of nitrogens with zero attached hydrogens (tertiary/aromatic N) is 2. The summed E-state index contributed by atoms with van der Waals surface area (Å²) in [4.78, 5) is 8.39. The molecular weight excluding hydrogens is 264 g/mol. The first-order valence-corrected chi connectivity index (χ1v) is 7.00. The summed E-state index contributed by atoms with van der Waals surface area (Å²) in [6.07, 6.45) is 7.17. The topological polar surface area (TPSA) is 73.1 Å². The standard InChI is InChI=1S/C16H20N4O/c1-3-7-12-9-5-6-10-14(12)21-16-13(8-4-2)15(20-17)18-11-19-16/h3,5-7,9-11H,4,8,17H2,1-2H3,(H,18,19,20)/b7-3+. The van der Waals surface area contributed by atoms with E-state index in [-0.39, 0.29) is 0 Å². The molecule has 0 saturated carbocycles. The van der Waals surface area contributed by atoms with Crippen LogP contribution in [-0.2, 0) is 6.42 Å². The summed E-state index contributed by atoms with van der Waals surface area (Å²) in [5.74, 6) is 7.41. The molecule has 1 heterocycles. The van der Waals surface area contributed by atoms with E-state index in [1.54, 1.807) is 0 Å². The van der Waals surface area contributed by atoms with Gasteiger partial charge in [0.25, 0.3) is 0 Å². The van der Waals surface area contributed by atoms with Crippen LogP contribution < -0.4 is 16.0 Å². The van der Waals surface area contributed by atoms with Crippen molar-refractivity contribution in [2.24, 2.45) is 5.84 Å². The highest BCUT2D eigenvalue weighted by molar-refractivity contribution is 5.58. The Kier molecular flexibility index (Phi) is 5.29. The van der Waals surface area contributed by atoms with Crippen LogP contribution >= 0.6 is 0 Å². The summed E-state index contributed by atoms with van der Waals surface area (Å²) in [6.45, 7) is 4.06. The third kappa shape index (κ3) is 3.58. The second-order valence-corrected chi connectivity index (χ2v) is 4.54. The van der Waals surface area contributed by atoms with Crippen LogP contribution in [0.3, 0.4) is 0 Å². The van der Waals surface area contributed by atoms with Crippen molar-refractivity contribution >= 4 is 11.9 Å². The Morgan fingerprint density at radius 3 is 2.81 bits per heavy atom. The van der Waals surface area contributed by atoms with Crippen molar-refractivity contribution in [1.29, 1.82) is 0 Å². The Labute approximate surface area is 124 Å². The minimum absolute atomic E-state index is 0.539. The average Bonchev–Trinajstić information content (AvgIpc) is 2.51. The molecule has 21 heavy (non-hydrogen) atoms. The van der Waals surface area contributed by atoms with Crippen molar-refractivity contribution < 1.29 is 4.74 Å². The van der Waals surface area contributed by atoms with Gasteiger partial charge in [0, 0.05) is 5.56 Å². The zero-order valence-corrected chi connectivity index (χ0v) is 12.3.